The van der Waals surface area contributed by atoms with Crippen LogP contribution in [0.15, 0.2) is 36.5 Å². The molecule has 8 nitrogen and oxygen atoms in total. The van der Waals surface area contributed by atoms with Crippen LogP contribution in [-0.4, -0.2) is 54.5 Å². The number of aliphatic hydroxyl groups is 1. The summed E-state index contributed by atoms with van der Waals surface area (Å²) in [5, 5.41) is 14.6. The normalized spacial score (nSPS) is 31.3. The van der Waals surface area contributed by atoms with Crippen LogP contribution in [0.25, 0.3) is 0 Å². The molecule has 0 bridgehead atoms. The summed E-state index contributed by atoms with van der Waals surface area (Å²) in [6, 6.07) is 0. The number of nitrogens with one attached hydrogen (secondary N) is 1. The van der Waals surface area contributed by atoms with E-state index in [0.29, 0.717) is 48.9 Å². The van der Waals surface area contributed by atoms with Crippen molar-refractivity contribution in [3.63, 3.8) is 0 Å². The second kappa shape index (κ2) is 25.2. The minimum absolute atomic E-state index is 0.0214. The Morgan fingerprint density at radius 3 is 2.07 bits per heavy atom. The quantitative estimate of drug-likeness (QED) is 0.0325. The fraction of sp³-hybridized carbons (Fsp3) is 0.840. The van der Waals surface area contributed by atoms with Crippen molar-refractivity contribution in [2.45, 2.75) is 207 Å². The zero-order valence-corrected chi connectivity index (χ0v) is 38.5. The number of unbranched alkanes of at least 4 members (excludes halogenated alkanes) is 11. The Morgan fingerprint density at radius 2 is 1.41 bits per heavy atom. The molecule has 10 atom stereocenters. The summed E-state index contributed by atoms with van der Waals surface area (Å²) in [7, 11) is -4.10. The number of aliphatic hydroxyl groups excluding tert-OH is 1. The van der Waals surface area contributed by atoms with Gasteiger partial charge in [0.15, 0.2) is 0 Å². The summed E-state index contributed by atoms with van der Waals surface area (Å²) in [5.41, 5.74) is -0.00760. The van der Waals surface area contributed by atoms with E-state index < -0.39 is 15.9 Å². The van der Waals surface area contributed by atoms with Crippen LogP contribution in [0, 0.1) is 46.3 Å². The van der Waals surface area contributed by atoms with Crippen LogP contribution in [-0.2, 0) is 24.4 Å². The number of fused-ring (bicyclic) bond motifs is 5. The van der Waals surface area contributed by atoms with Crippen LogP contribution in [0.4, 0.5) is 0 Å². The average molecular weight is 844 g/mol. The number of rotatable bonds is 27. The topological polar surface area (TPSA) is 130 Å². The fourth-order valence-corrected chi connectivity index (χ4v) is 12.7. The van der Waals surface area contributed by atoms with Gasteiger partial charge in [0.1, 0.15) is 6.10 Å². The van der Waals surface area contributed by atoms with Gasteiger partial charge in [-0.15, -0.1) is 0 Å². The zero-order valence-electron chi connectivity index (χ0n) is 37.7. The maximum absolute atomic E-state index is 12.9. The van der Waals surface area contributed by atoms with Gasteiger partial charge in [0.05, 0.1) is 11.9 Å². The predicted molar refractivity (Wildman–Crippen MR) is 241 cm³/mol. The lowest BCUT2D eigenvalue weighted by Crippen LogP contribution is -2.59. The van der Waals surface area contributed by atoms with Crippen LogP contribution in [0.2, 0.25) is 0 Å². The second-order valence-corrected chi connectivity index (χ2v) is 21.3. The molecule has 4 rings (SSSR count). The molecule has 0 saturated heterocycles. The minimum Gasteiger partial charge on any atom is -0.462 e. The Kier molecular flexibility index (Phi) is 21.2. The van der Waals surface area contributed by atoms with Crippen molar-refractivity contribution in [2.24, 2.45) is 46.3 Å². The van der Waals surface area contributed by atoms with E-state index in [0.717, 1.165) is 70.6 Å². The van der Waals surface area contributed by atoms with Crippen LogP contribution in [0.5, 0.6) is 0 Å². The third-order valence-corrected chi connectivity index (χ3v) is 16.5. The van der Waals surface area contributed by atoms with Gasteiger partial charge in [-0.25, -0.2) is 0 Å². The number of carbonyl (C=O) groups is 2. The molecule has 0 aliphatic heterocycles. The van der Waals surface area contributed by atoms with Gasteiger partial charge < -0.3 is 15.2 Å². The Morgan fingerprint density at radius 1 is 0.780 bits per heavy atom. The lowest BCUT2D eigenvalue weighted by atomic mass is 9.43. The number of ether oxygens (including phenoxy) is 1. The molecule has 1 amide bonds. The van der Waals surface area contributed by atoms with Gasteiger partial charge in [-0.1, -0.05) is 116 Å². The first-order valence-corrected chi connectivity index (χ1v) is 25.9. The van der Waals surface area contributed by atoms with Crippen molar-refractivity contribution >= 4 is 22.0 Å². The van der Waals surface area contributed by atoms with E-state index in [-0.39, 0.29) is 47.4 Å². The minimum atomic E-state index is -4.10. The maximum Gasteiger partial charge on any atom is 0.306 e. The third-order valence-electron chi connectivity index (χ3n) is 15.8. The SMILES string of the molecule is CCCCCCC/C=C\C/C=C\C/C=C\CCCCCCCCC(=O)OC1CCC2(C)C(CCC3C2CC(O)C2(C)C(C(C)CCC(=O)NCCS(=O)(=O)O)CCC32)C1. The molecular weight excluding hydrogens is 759 g/mol. The molecule has 9 heteroatoms. The lowest BCUT2D eigenvalue weighted by molar-refractivity contribution is -0.181. The summed E-state index contributed by atoms with van der Waals surface area (Å²) in [5.74, 6) is 1.99. The van der Waals surface area contributed by atoms with Gasteiger partial charge >= 0.3 is 5.97 Å². The summed E-state index contributed by atoms with van der Waals surface area (Å²) >= 11 is 0. The van der Waals surface area contributed by atoms with Gasteiger partial charge in [0, 0.05) is 19.4 Å². The Bertz CT molecular complexity index is 1460. The second-order valence-electron chi connectivity index (χ2n) is 19.7. The van der Waals surface area contributed by atoms with E-state index >= 15 is 0 Å². The van der Waals surface area contributed by atoms with Gasteiger partial charge in [-0.2, -0.15) is 8.42 Å². The molecule has 0 aromatic carbocycles. The van der Waals surface area contributed by atoms with Crippen LogP contribution >= 0.6 is 0 Å². The summed E-state index contributed by atoms with van der Waals surface area (Å²) < 4.78 is 37.0. The largest absolute Gasteiger partial charge is 0.462 e. The monoisotopic (exact) mass is 844 g/mol. The molecule has 4 saturated carbocycles. The number of carbonyl (C=O) groups excluding carboxylic acids is 2. The van der Waals surface area contributed by atoms with Gasteiger partial charge in [-0.3, -0.25) is 14.1 Å². The molecule has 0 radical (unpaired) electrons. The van der Waals surface area contributed by atoms with Crippen molar-refractivity contribution in [2.75, 3.05) is 12.3 Å². The molecule has 0 aromatic rings. The van der Waals surface area contributed by atoms with Crippen LogP contribution in [0.3, 0.4) is 0 Å². The number of esters is 1. The number of hydrogen-bond donors (Lipinski definition) is 3. The third kappa shape index (κ3) is 15.4. The van der Waals surface area contributed by atoms with Gasteiger partial charge in [-0.05, 0) is 149 Å². The number of hydrogen-bond acceptors (Lipinski definition) is 6. The van der Waals surface area contributed by atoms with Crippen molar-refractivity contribution in [1.29, 1.82) is 0 Å². The van der Waals surface area contributed by atoms with Crippen molar-refractivity contribution in [3.8, 4) is 0 Å². The van der Waals surface area contributed by atoms with Crippen LogP contribution < -0.4 is 5.32 Å². The first kappa shape index (κ1) is 49.7. The van der Waals surface area contributed by atoms with E-state index in [1.54, 1.807) is 0 Å². The van der Waals surface area contributed by atoms with Crippen molar-refractivity contribution in [3.05, 3.63) is 36.5 Å². The van der Waals surface area contributed by atoms with Crippen molar-refractivity contribution in [1.82, 2.24) is 5.32 Å². The molecule has 0 spiro atoms. The Balaban J connectivity index is 1.07. The van der Waals surface area contributed by atoms with E-state index in [1.165, 1.54) is 77.0 Å². The molecule has 338 valence electrons. The summed E-state index contributed by atoms with van der Waals surface area (Å²) in [6.07, 6.45) is 41.4. The van der Waals surface area contributed by atoms with E-state index in [2.05, 4.69) is 69.5 Å². The average Bonchev–Trinajstić information content (AvgIpc) is 3.56. The van der Waals surface area contributed by atoms with Crippen molar-refractivity contribution < 1.29 is 32.4 Å². The summed E-state index contributed by atoms with van der Waals surface area (Å²) in [6.45, 7) is 9.18. The predicted octanol–water partition coefficient (Wildman–Crippen LogP) is 11.9. The highest BCUT2D eigenvalue weighted by Crippen LogP contribution is 2.68. The highest BCUT2D eigenvalue weighted by atomic mass is 32.2. The highest BCUT2D eigenvalue weighted by Gasteiger charge is 2.63. The van der Waals surface area contributed by atoms with E-state index in [4.69, 9.17) is 9.29 Å². The first-order valence-electron chi connectivity index (χ1n) is 24.3. The standard InChI is InChI=1S/C50H85NO7S/c1-5-6-7-8-9-10-11-12-13-14-15-16-17-18-19-20-21-22-23-24-25-26-48(54)58-41-33-34-49(3)40(37-41)28-29-42-44-31-30-43(50(44,4)46(52)38-45(42)49)39(2)27-32-47(53)51-35-36-59(55,56)57/h11-12,14-15,17-18,39-46,52H,5-10,13,16,19-38H2,1-4H3,(H,51,53)(H,55,56,57)/b12-11-,15-14-,18-17-. The Hall–Kier alpha value is -1.97. The van der Waals surface area contributed by atoms with Gasteiger partial charge in [0.2, 0.25) is 5.91 Å². The fourth-order valence-electron chi connectivity index (χ4n) is 12.3. The first-order chi connectivity index (χ1) is 28.3. The molecule has 0 aromatic heterocycles. The molecule has 59 heavy (non-hydrogen) atoms. The van der Waals surface area contributed by atoms with Gasteiger partial charge in [0.25, 0.3) is 10.1 Å². The highest BCUT2D eigenvalue weighted by molar-refractivity contribution is 7.85. The number of allylic oxidation sites excluding steroid dienone is 6. The maximum atomic E-state index is 12.9. The molecule has 4 aliphatic carbocycles. The molecule has 0 heterocycles. The van der Waals surface area contributed by atoms with Crippen LogP contribution in [0.1, 0.15) is 195 Å². The smallest absolute Gasteiger partial charge is 0.306 e. The Labute approximate surface area is 360 Å². The summed E-state index contributed by atoms with van der Waals surface area (Å²) in [4.78, 5) is 25.3. The molecule has 3 N–H and O–H groups in total. The molecule has 4 fully saturated rings. The lowest BCUT2D eigenvalue weighted by Gasteiger charge is -2.62. The zero-order chi connectivity index (χ0) is 42.7. The molecule has 4 aliphatic rings. The molecule has 10 unspecified atom stereocenters. The van der Waals surface area contributed by atoms with E-state index in [9.17, 15) is 23.1 Å². The van der Waals surface area contributed by atoms with E-state index in [1.807, 2.05) is 0 Å². The molecular formula is C50H85NO7S. The number of amides is 1.